The summed E-state index contributed by atoms with van der Waals surface area (Å²) in [5, 5.41) is 14.1. The fraction of sp³-hybridized carbons (Fsp3) is 0.438. The van der Waals surface area contributed by atoms with Gasteiger partial charge in [-0.3, -0.25) is 14.4 Å². The average Bonchev–Trinajstić information content (AvgIpc) is 3.33. The Morgan fingerprint density at radius 2 is 2.00 bits per heavy atom. The van der Waals surface area contributed by atoms with E-state index in [1.165, 1.54) is 28.0 Å². The van der Waals surface area contributed by atoms with Crippen molar-refractivity contribution in [1.29, 1.82) is 0 Å². The number of hydrogen-bond acceptors (Lipinski definition) is 5. The Balaban J connectivity index is 1.78. The van der Waals surface area contributed by atoms with Crippen LogP contribution in [0.1, 0.15) is 19.3 Å². The molecule has 1 unspecified atom stereocenters. The van der Waals surface area contributed by atoms with E-state index in [0.717, 1.165) is 12.8 Å². The summed E-state index contributed by atoms with van der Waals surface area (Å²) in [5.41, 5.74) is 0.341. The monoisotopic (exact) mass is 381 g/mol. The van der Waals surface area contributed by atoms with Crippen LogP contribution in [-0.2, 0) is 24.4 Å². The number of amides is 2. The molecular weight excluding hydrogens is 362 g/mol. The number of benzene rings is 1. The molecule has 2 amide bonds. The third-order valence-electron chi connectivity index (χ3n) is 4.51. The molecule has 3 rings (SSSR count). The quantitative estimate of drug-likeness (QED) is 0.697. The molecule has 1 saturated carbocycles. The largest absolute Gasteiger partial charge is 0.480 e. The van der Waals surface area contributed by atoms with Gasteiger partial charge in [-0.2, -0.15) is 0 Å². The number of carbonyl (C=O) groups excluding carboxylic acids is 2. The molecule has 1 saturated heterocycles. The molecule has 1 atom stereocenters. The number of hydrogen-bond donors (Lipinski definition) is 2. The number of carbonyl (C=O) groups is 3. The molecule has 2 fully saturated rings. The third-order valence-corrected chi connectivity index (χ3v) is 5.42. The first-order valence-corrected chi connectivity index (χ1v) is 9.67. The summed E-state index contributed by atoms with van der Waals surface area (Å²) in [6.07, 6.45) is 1.49. The van der Waals surface area contributed by atoms with Gasteiger partial charge < -0.3 is 14.9 Å². The van der Waals surface area contributed by atoms with Crippen molar-refractivity contribution in [1.82, 2.24) is 4.90 Å². The highest BCUT2D eigenvalue weighted by Gasteiger charge is 2.42. The van der Waals surface area contributed by atoms with Gasteiger partial charge in [0.25, 0.3) is 0 Å². The summed E-state index contributed by atoms with van der Waals surface area (Å²) in [7, 11) is -3.91. The highest BCUT2D eigenvalue weighted by molar-refractivity contribution is 7.89. The summed E-state index contributed by atoms with van der Waals surface area (Å²) in [6, 6.07) is 5.57. The second kappa shape index (κ2) is 6.69. The molecule has 10 heteroatoms. The van der Waals surface area contributed by atoms with Crippen LogP contribution in [0.15, 0.2) is 29.2 Å². The fourth-order valence-electron chi connectivity index (χ4n) is 3.10. The number of nitrogens with zero attached hydrogens (tertiary/aromatic N) is 2. The summed E-state index contributed by atoms with van der Waals surface area (Å²) in [6.45, 7) is -0.302. The first-order valence-electron chi connectivity index (χ1n) is 8.12. The van der Waals surface area contributed by atoms with Gasteiger partial charge in [-0.05, 0) is 31.0 Å². The summed E-state index contributed by atoms with van der Waals surface area (Å²) in [5.74, 6) is -2.41. The summed E-state index contributed by atoms with van der Waals surface area (Å²) >= 11 is 0. The molecule has 1 heterocycles. The van der Waals surface area contributed by atoms with Crippen LogP contribution in [0.2, 0.25) is 0 Å². The van der Waals surface area contributed by atoms with Crippen LogP contribution >= 0.6 is 0 Å². The summed E-state index contributed by atoms with van der Waals surface area (Å²) in [4.78, 5) is 38.6. The predicted molar refractivity (Wildman–Crippen MR) is 90.6 cm³/mol. The number of nitrogens with two attached hydrogens (primary N) is 1. The SMILES string of the molecule is NS(=O)(=O)c1cccc(N2CC(C(=O)N(CC(=O)O)C3CC3)CC2=O)c1. The Labute approximate surface area is 150 Å². The molecule has 0 bridgehead atoms. The molecule has 140 valence electrons. The van der Waals surface area contributed by atoms with E-state index in [4.69, 9.17) is 10.2 Å². The zero-order valence-corrected chi connectivity index (χ0v) is 14.7. The number of anilines is 1. The lowest BCUT2D eigenvalue weighted by molar-refractivity contribution is -0.146. The number of carboxylic acid groups (broad SMARTS) is 1. The number of primary sulfonamides is 1. The van der Waals surface area contributed by atoms with Crippen molar-refractivity contribution in [2.24, 2.45) is 11.1 Å². The maximum Gasteiger partial charge on any atom is 0.323 e. The minimum atomic E-state index is -3.91. The van der Waals surface area contributed by atoms with Crippen molar-refractivity contribution in [2.75, 3.05) is 18.0 Å². The molecule has 2 aliphatic rings. The van der Waals surface area contributed by atoms with E-state index in [9.17, 15) is 22.8 Å². The molecule has 1 aromatic rings. The molecule has 1 aliphatic heterocycles. The maximum absolute atomic E-state index is 12.7. The lowest BCUT2D eigenvalue weighted by Gasteiger charge is -2.24. The van der Waals surface area contributed by atoms with Crippen molar-refractivity contribution in [3.63, 3.8) is 0 Å². The number of carboxylic acids is 1. The van der Waals surface area contributed by atoms with E-state index in [0.29, 0.717) is 5.69 Å². The predicted octanol–water partition coefficient (Wildman–Crippen LogP) is -0.237. The van der Waals surface area contributed by atoms with Crippen LogP contribution < -0.4 is 10.0 Å². The van der Waals surface area contributed by atoms with Crippen molar-refractivity contribution in [3.05, 3.63) is 24.3 Å². The fourth-order valence-corrected chi connectivity index (χ4v) is 3.66. The van der Waals surface area contributed by atoms with E-state index in [1.807, 2.05) is 0 Å². The van der Waals surface area contributed by atoms with Crippen molar-refractivity contribution in [2.45, 2.75) is 30.2 Å². The molecule has 1 aliphatic carbocycles. The first kappa shape index (κ1) is 18.3. The molecule has 9 nitrogen and oxygen atoms in total. The lowest BCUT2D eigenvalue weighted by atomic mass is 10.1. The lowest BCUT2D eigenvalue weighted by Crippen LogP contribution is -2.42. The molecule has 0 spiro atoms. The third kappa shape index (κ3) is 3.86. The maximum atomic E-state index is 12.7. The van der Waals surface area contributed by atoms with Gasteiger partial charge in [0.1, 0.15) is 6.54 Å². The molecule has 26 heavy (non-hydrogen) atoms. The Morgan fingerprint density at radius 1 is 1.31 bits per heavy atom. The van der Waals surface area contributed by atoms with Gasteiger partial charge in [-0.15, -0.1) is 0 Å². The van der Waals surface area contributed by atoms with E-state index < -0.39 is 21.9 Å². The van der Waals surface area contributed by atoms with Gasteiger partial charge in [0.15, 0.2) is 0 Å². The van der Waals surface area contributed by atoms with E-state index in [1.54, 1.807) is 6.07 Å². The molecule has 0 aromatic heterocycles. The zero-order valence-electron chi connectivity index (χ0n) is 13.9. The van der Waals surface area contributed by atoms with Gasteiger partial charge >= 0.3 is 5.97 Å². The first-order chi connectivity index (χ1) is 12.2. The van der Waals surface area contributed by atoms with E-state index in [2.05, 4.69) is 0 Å². The Kier molecular flexibility index (Phi) is 4.72. The van der Waals surface area contributed by atoms with Crippen LogP contribution in [0.25, 0.3) is 0 Å². The normalized spacial score (nSPS) is 20.3. The molecule has 1 aromatic carbocycles. The number of aliphatic carboxylic acids is 1. The van der Waals surface area contributed by atoms with Gasteiger partial charge in [-0.25, -0.2) is 13.6 Å². The standard InChI is InChI=1S/C16H19N3O6S/c17-26(24,25)13-3-1-2-12(7-13)18-8-10(6-14(18)20)16(23)19(9-15(21)22)11-4-5-11/h1-3,7,10-11H,4-6,8-9H2,(H,21,22)(H2,17,24,25). The minimum Gasteiger partial charge on any atom is -0.480 e. The van der Waals surface area contributed by atoms with Gasteiger partial charge in [-0.1, -0.05) is 6.07 Å². The topological polar surface area (TPSA) is 138 Å². The Bertz CT molecular complexity index is 864. The van der Waals surface area contributed by atoms with Crippen LogP contribution in [0, 0.1) is 5.92 Å². The van der Waals surface area contributed by atoms with Crippen molar-refractivity contribution < 1.29 is 27.9 Å². The number of sulfonamides is 1. The minimum absolute atomic E-state index is 0.0404. The van der Waals surface area contributed by atoms with E-state index in [-0.39, 0.29) is 42.3 Å². The second-order valence-corrected chi connectivity index (χ2v) is 8.10. The average molecular weight is 381 g/mol. The zero-order chi connectivity index (χ0) is 19.1. The highest BCUT2D eigenvalue weighted by Crippen LogP contribution is 2.32. The summed E-state index contributed by atoms with van der Waals surface area (Å²) < 4.78 is 23.0. The molecule has 0 radical (unpaired) electrons. The van der Waals surface area contributed by atoms with E-state index >= 15 is 0 Å². The van der Waals surface area contributed by atoms with Crippen LogP contribution in [0.5, 0.6) is 0 Å². The van der Waals surface area contributed by atoms with Crippen LogP contribution in [0.3, 0.4) is 0 Å². The van der Waals surface area contributed by atoms with Crippen molar-refractivity contribution >= 4 is 33.5 Å². The number of rotatable bonds is 6. The molecular formula is C16H19N3O6S. The van der Waals surface area contributed by atoms with Gasteiger partial charge in [0, 0.05) is 24.7 Å². The smallest absolute Gasteiger partial charge is 0.323 e. The van der Waals surface area contributed by atoms with Crippen LogP contribution in [-0.4, -0.2) is 55.3 Å². The highest BCUT2D eigenvalue weighted by atomic mass is 32.2. The van der Waals surface area contributed by atoms with Gasteiger partial charge in [0.2, 0.25) is 21.8 Å². The van der Waals surface area contributed by atoms with Gasteiger partial charge in [0.05, 0.1) is 10.8 Å². The molecule has 3 N–H and O–H groups in total. The Morgan fingerprint density at radius 3 is 2.58 bits per heavy atom. The second-order valence-electron chi connectivity index (χ2n) is 6.54. The Hall–Kier alpha value is -2.46. The van der Waals surface area contributed by atoms with Crippen LogP contribution in [0.4, 0.5) is 5.69 Å². The van der Waals surface area contributed by atoms with Crippen molar-refractivity contribution in [3.8, 4) is 0 Å².